The lowest BCUT2D eigenvalue weighted by atomic mass is 10.2. The second-order valence-electron chi connectivity index (χ2n) is 4.35. The molecule has 0 aliphatic heterocycles. The van der Waals surface area contributed by atoms with Gasteiger partial charge in [-0.2, -0.15) is 0 Å². The molecule has 3 rings (SSSR count). The number of pyridine rings is 1. The van der Waals surface area contributed by atoms with Gasteiger partial charge >= 0.3 is 0 Å². The van der Waals surface area contributed by atoms with Crippen LogP contribution in [0.15, 0.2) is 52.4 Å². The van der Waals surface area contributed by atoms with Crippen LogP contribution in [0.4, 0.5) is 18.9 Å². The third-order valence-electron chi connectivity index (χ3n) is 2.94. The molecule has 2 nitrogen and oxygen atoms in total. The molecule has 0 fully saturated rings. The molecule has 1 heterocycles. The maximum atomic E-state index is 14.1. The maximum absolute atomic E-state index is 14.1. The predicted molar refractivity (Wildman–Crippen MR) is 76.6 cm³/mol. The smallest absolute Gasteiger partial charge is 0.141 e. The molecule has 0 unspecified atom stereocenters. The molecular formula is C15H9F3N2S. The summed E-state index contributed by atoms with van der Waals surface area (Å²) in [6, 6.07) is 7.56. The molecule has 0 saturated carbocycles. The predicted octanol–water partition coefficient (Wildman–Crippen LogP) is 4.39. The zero-order valence-corrected chi connectivity index (χ0v) is 11.4. The number of fused-ring (bicyclic) bond motifs is 1. The van der Waals surface area contributed by atoms with E-state index in [4.69, 9.17) is 5.73 Å². The van der Waals surface area contributed by atoms with Crippen molar-refractivity contribution in [1.29, 1.82) is 0 Å². The van der Waals surface area contributed by atoms with Gasteiger partial charge in [-0.15, -0.1) is 0 Å². The van der Waals surface area contributed by atoms with Crippen molar-refractivity contribution in [2.75, 3.05) is 5.73 Å². The van der Waals surface area contributed by atoms with Gasteiger partial charge < -0.3 is 5.73 Å². The molecule has 2 aromatic carbocycles. The summed E-state index contributed by atoms with van der Waals surface area (Å²) in [5.41, 5.74) is 6.32. The standard InChI is InChI=1S/C15H9F3N2S/c16-8-3-4-10(17)13(6-8)21-15-11(18)7-12(19)9-2-1-5-20-14(9)15/h1-7H,19H2. The summed E-state index contributed by atoms with van der Waals surface area (Å²) in [7, 11) is 0. The number of nitrogens with zero attached hydrogens (tertiary/aromatic N) is 1. The summed E-state index contributed by atoms with van der Waals surface area (Å²) in [5, 5.41) is 0.568. The highest BCUT2D eigenvalue weighted by atomic mass is 32.2. The van der Waals surface area contributed by atoms with Gasteiger partial charge in [-0.25, -0.2) is 13.2 Å². The number of nitrogens with two attached hydrogens (primary N) is 1. The van der Waals surface area contributed by atoms with Crippen LogP contribution in [0.5, 0.6) is 0 Å². The maximum Gasteiger partial charge on any atom is 0.141 e. The summed E-state index contributed by atoms with van der Waals surface area (Å²) in [5.74, 6) is -1.83. The Hall–Kier alpha value is -2.21. The number of halogens is 3. The lowest BCUT2D eigenvalue weighted by Crippen LogP contribution is -1.95. The van der Waals surface area contributed by atoms with E-state index in [0.717, 1.165) is 36.0 Å². The van der Waals surface area contributed by atoms with Crippen LogP contribution in [0.2, 0.25) is 0 Å². The minimum absolute atomic E-state index is 0.00868. The molecule has 0 aliphatic carbocycles. The molecule has 0 atom stereocenters. The Morgan fingerprint density at radius 1 is 1.00 bits per heavy atom. The third kappa shape index (κ3) is 2.54. The van der Waals surface area contributed by atoms with Gasteiger partial charge in [0.2, 0.25) is 0 Å². The van der Waals surface area contributed by atoms with Crippen molar-refractivity contribution in [3.05, 3.63) is 60.0 Å². The van der Waals surface area contributed by atoms with Crippen molar-refractivity contribution >= 4 is 28.4 Å². The van der Waals surface area contributed by atoms with Crippen LogP contribution in [0, 0.1) is 17.5 Å². The van der Waals surface area contributed by atoms with Crippen LogP contribution in [-0.4, -0.2) is 4.98 Å². The SMILES string of the molecule is Nc1cc(F)c(Sc2cc(F)ccc2F)c2ncccc12. The molecule has 106 valence electrons. The van der Waals surface area contributed by atoms with E-state index in [-0.39, 0.29) is 15.5 Å². The van der Waals surface area contributed by atoms with Crippen molar-refractivity contribution in [1.82, 2.24) is 4.98 Å². The van der Waals surface area contributed by atoms with Crippen LogP contribution in [0.3, 0.4) is 0 Å². The quantitative estimate of drug-likeness (QED) is 0.714. The summed E-state index contributed by atoms with van der Waals surface area (Å²) in [6.07, 6.45) is 1.49. The number of anilines is 1. The first-order chi connectivity index (χ1) is 10.1. The molecular weight excluding hydrogens is 297 g/mol. The van der Waals surface area contributed by atoms with E-state index in [1.807, 2.05) is 0 Å². The molecule has 0 saturated heterocycles. The van der Waals surface area contributed by atoms with Crippen LogP contribution in [0.25, 0.3) is 10.9 Å². The Balaban J connectivity index is 2.19. The van der Waals surface area contributed by atoms with E-state index in [1.165, 1.54) is 6.20 Å². The Labute approximate surface area is 122 Å². The minimum atomic E-state index is -0.623. The zero-order chi connectivity index (χ0) is 15.0. The van der Waals surface area contributed by atoms with Crippen LogP contribution < -0.4 is 5.73 Å². The van der Waals surface area contributed by atoms with Gasteiger partial charge in [-0.05, 0) is 36.4 Å². The van der Waals surface area contributed by atoms with E-state index in [1.54, 1.807) is 12.1 Å². The lowest BCUT2D eigenvalue weighted by Gasteiger charge is -2.09. The average Bonchev–Trinajstić information content (AvgIpc) is 2.47. The number of rotatable bonds is 2. The second-order valence-corrected chi connectivity index (χ2v) is 5.41. The molecule has 2 N–H and O–H groups in total. The summed E-state index contributed by atoms with van der Waals surface area (Å²) in [4.78, 5) is 4.20. The first-order valence-electron chi connectivity index (χ1n) is 6.02. The lowest BCUT2D eigenvalue weighted by molar-refractivity contribution is 0.576. The van der Waals surface area contributed by atoms with Gasteiger partial charge in [-0.1, -0.05) is 11.8 Å². The molecule has 1 aromatic heterocycles. The fraction of sp³-hybridized carbons (Fsp3) is 0. The highest BCUT2D eigenvalue weighted by Gasteiger charge is 2.15. The number of hydrogen-bond donors (Lipinski definition) is 1. The molecule has 0 bridgehead atoms. The van der Waals surface area contributed by atoms with Crippen LogP contribution in [0.1, 0.15) is 0 Å². The Kier molecular flexibility index (Phi) is 3.47. The van der Waals surface area contributed by atoms with Crippen molar-refractivity contribution in [3.8, 4) is 0 Å². The van der Waals surface area contributed by atoms with Gasteiger partial charge in [0.25, 0.3) is 0 Å². The van der Waals surface area contributed by atoms with Crippen molar-refractivity contribution in [2.24, 2.45) is 0 Å². The average molecular weight is 306 g/mol. The summed E-state index contributed by atoms with van der Waals surface area (Å²) < 4.78 is 41.1. The number of nitrogen functional groups attached to an aromatic ring is 1. The van der Waals surface area contributed by atoms with E-state index in [2.05, 4.69) is 4.98 Å². The van der Waals surface area contributed by atoms with Gasteiger partial charge in [0.1, 0.15) is 17.5 Å². The van der Waals surface area contributed by atoms with Crippen molar-refractivity contribution < 1.29 is 13.2 Å². The number of hydrogen-bond acceptors (Lipinski definition) is 3. The second kappa shape index (κ2) is 5.29. The number of benzene rings is 2. The summed E-state index contributed by atoms with van der Waals surface area (Å²) in [6.45, 7) is 0. The van der Waals surface area contributed by atoms with Crippen molar-refractivity contribution in [2.45, 2.75) is 9.79 Å². The van der Waals surface area contributed by atoms with Gasteiger partial charge in [0, 0.05) is 17.3 Å². The van der Waals surface area contributed by atoms with Crippen molar-refractivity contribution in [3.63, 3.8) is 0 Å². The molecule has 0 aliphatic rings. The largest absolute Gasteiger partial charge is 0.398 e. The van der Waals surface area contributed by atoms with E-state index >= 15 is 0 Å². The fourth-order valence-corrected chi connectivity index (χ4v) is 2.95. The Morgan fingerprint density at radius 3 is 2.62 bits per heavy atom. The monoisotopic (exact) mass is 306 g/mol. The normalized spacial score (nSPS) is 11.0. The zero-order valence-electron chi connectivity index (χ0n) is 10.6. The third-order valence-corrected chi connectivity index (χ3v) is 4.06. The Bertz CT molecular complexity index is 837. The molecule has 0 radical (unpaired) electrons. The summed E-state index contributed by atoms with van der Waals surface area (Å²) >= 11 is 0.785. The van der Waals surface area contributed by atoms with E-state index in [0.29, 0.717) is 10.9 Å². The highest BCUT2D eigenvalue weighted by Crippen LogP contribution is 2.38. The minimum Gasteiger partial charge on any atom is -0.398 e. The fourth-order valence-electron chi connectivity index (χ4n) is 1.97. The first kappa shape index (κ1) is 13.8. The topological polar surface area (TPSA) is 38.9 Å². The van der Waals surface area contributed by atoms with Gasteiger partial charge in [0.05, 0.1) is 15.3 Å². The van der Waals surface area contributed by atoms with E-state index < -0.39 is 17.5 Å². The molecule has 21 heavy (non-hydrogen) atoms. The number of aromatic nitrogens is 1. The molecule has 3 aromatic rings. The van der Waals surface area contributed by atoms with Crippen LogP contribution >= 0.6 is 11.8 Å². The van der Waals surface area contributed by atoms with E-state index in [9.17, 15) is 13.2 Å². The molecule has 6 heteroatoms. The molecule has 0 amide bonds. The Morgan fingerprint density at radius 2 is 1.81 bits per heavy atom. The highest BCUT2D eigenvalue weighted by molar-refractivity contribution is 7.99. The van der Waals surface area contributed by atoms with Gasteiger partial charge in [-0.3, -0.25) is 4.98 Å². The first-order valence-corrected chi connectivity index (χ1v) is 6.83. The van der Waals surface area contributed by atoms with Crippen LogP contribution in [-0.2, 0) is 0 Å². The molecule has 0 spiro atoms. The van der Waals surface area contributed by atoms with Gasteiger partial charge in [0.15, 0.2) is 0 Å².